The Labute approximate surface area is 334 Å². The summed E-state index contributed by atoms with van der Waals surface area (Å²) in [5.74, 6) is 0. The third-order valence-corrected chi connectivity index (χ3v) is 12.0. The molecule has 0 bridgehead atoms. The van der Waals surface area contributed by atoms with Crippen molar-refractivity contribution in [3.8, 4) is 44.0 Å². The summed E-state index contributed by atoms with van der Waals surface area (Å²) in [5, 5.41) is 5.72. The van der Waals surface area contributed by atoms with E-state index < -0.39 is 0 Å². The Morgan fingerprint density at radius 3 is 1.70 bits per heavy atom. The quantitative estimate of drug-likeness (QED) is 0.163. The van der Waals surface area contributed by atoms with Gasteiger partial charge in [0, 0.05) is 33.4 Å². The molecule has 2 heterocycles. The van der Waals surface area contributed by atoms with Crippen LogP contribution in [0.3, 0.4) is 0 Å². The van der Waals surface area contributed by atoms with E-state index in [4.69, 9.17) is 9.40 Å². The first-order valence-corrected chi connectivity index (χ1v) is 20.0. The molecular weight excluding hydrogens is 713 g/mol. The Kier molecular flexibility index (Phi) is 8.01. The summed E-state index contributed by atoms with van der Waals surface area (Å²) in [6, 6.07) is 73.5. The van der Waals surface area contributed by atoms with E-state index in [0.29, 0.717) is 0 Å². The molecule has 0 N–H and O–H groups in total. The van der Waals surface area contributed by atoms with E-state index in [1.807, 2.05) is 6.07 Å². The molecule has 0 unspecified atom stereocenters. The van der Waals surface area contributed by atoms with Gasteiger partial charge >= 0.3 is 0 Å². The van der Waals surface area contributed by atoms with Crippen molar-refractivity contribution < 1.29 is 4.42 Å². The van der Waals surface area contributed by atoms with Crippen molar-refractivity contribution in [2.24, 2.45) is 0 Å². The molecular formula is C53H34N2OS. The van der Waals surface area contributed by atoms with Crippen molar-refractivity contribution in [3.05, 3.63) is 206 Å². The number of hydrogen-bond donors (Lipinski definition) is 0. The molecule has 2 aromatic heterocycles. The zero-order valence-electron chi connectivity index (χ0n) is 30.8. The molecule has 9 aromatic carbocycles. The highest BCUT2D eigenvalue weighted by Gasteiger charge is 2.18. The third-order valence-electron chi connectivity index (χ3n) is 10.9. The topological polar surface area (TPSA) is 29.3 Å². The molecule has 0 aliphatic rings. The average molecular weight is 747 g/mol. The fraction of sp³-hybridized carbons (Fsp3) is 0. The summed E-state index contributed by atoms with van der Waals surface area (Å²) < 4.78 is 7.54. The van der Waals surface area contributed by atoms with Crippen LogP contribution < -0.4 is 4.90 Å². The Morgan fingerprint density at radius 2 is 0.947 bits per heavy atom. The van der Waals surface area contributed by atoms with Crippen molar-refractivity contribution >= 4 is 71.3 Å². The van der Waals surface area contributed by atoms with Crippen LogP contribution in [-0.4, -0.2) is 4.98 Å². The largest absolute Gasteiger partial charge is 0.456 e. The number of thiazole rings is 1. The number of hydrogen-bond acceptors (Lipinski definition) is 4. The summed E-state index contributed by atoms with van der Waals surface area (Å²) in [6.07, 6.45) is 0. The fourth-order valence-electron chi connectivity index (χ4n) is 8.01. The van der Waals surface area contributed by atoms with Gasteiger partial charge in [0.05, 0.1) is 10.2 Å². The van der Waals surface area contributed by atoms with Crippen LogP contribution in [0.1, 0.15) is 0 Å². The second kappa shape index (κ2) is 13.8. The Bertz CT molecular complexity index is 3220. The first-order chi connectivity index (χ1) is 28.2. The number of anilines is 3. The lowest BCUT2D eigenvalue weighted by Crippen LogP contribution is -2.10. The van der Waals surface area contributed by atoms with Crippen LogP contribution in [-0.2, 0) is 0 Å². The summed E-state index contributed by atoms with van der Waals surface area (Å²) in [4.78, 5) is 7.35. The van der Waals surface area contributed by atoms with Crippen LogP contribution in [0, 0.1) is 0 Å². The van der Waals surface area contributed by atoms with Crippen LogP contribution in [0.2, 0.25) is 0 Å². The van der Waals surface area contributed by atoms with Gasteiger partial charge in [-0.05, 0) is 111 Å². The molecule has 3 nitrogen and oxygen atoms in total. The van der Waals surface area contributed by atoms with Crippen molar-refractivity contribution in [2.45, 2.75) is 0 Å². The monoisotopic (exact) mass is 746 g/mol. The fourth-order valence-corrected chi connectivity index (χ4v) is 9.13. The minimum atomic E-state index is 0.879. The molecule has 0 saturated heterocycles. The van der Waals surface area contributed by atoms with Gasteiger partial charge in [-0.3, -0.25) is 0 Å². The van der Waals surface area contributed by atoms with Crippen molar-refractivity contribution in [2.75, 3.05) is 4.90 Å². The summed E-state index contributed by atoms with van der Waals surface area (Å²) in [5.41, 5.74) is 14.2. The summed E-state index contributed by atoms with van der Waals surface area (Å²) >= 11 is 1.72. The van der Waals surface area contributed by atoms with Gasteiger partial charge in [0.15, 0.2) is 0 Å². The molecule has 57 heavy (non-hydrogen) atoms. The van der Waals surface area contributed by atoms with Gasteiger partial charge in [0.1, 0.15) is 16.2 Å². The maximum atomic E-state index is 6.39. The number of rotatable bonds is 7. The number of nitrogens with zero attached hydrogens (tertiary/aromatic N) is 2. The maximum Gasteiger partial charge on any atom is 0.137 e. The maximum absolute atomic E-state index is 6.39. The van der Waals surface area contributed by atoms with Crippen LogP contribution in [0.25, 0.3) is 86.9 Å². The lowest BCUT2D eigenvalue weighted by atomic mass is 10.00. The predicted molar refractivity (Wildman–Crippen MR) is 241 cm³/mol. The van der Waals surface area contributed by atoms with Gasteiger partial charge in [-0.1, -0.05) is 140 Å². The molecule has 0 aliphatic heterocycles. The van der Waals surface area contributed by atoms with E-state index in [1.54, 1.807) is 11.3 Å². The van der Waals surface area contributed by atoms with Crippen LogP contribution in [0.4, 0.5) is 17.1 Å². The highest BCUT2D eigenvalue weighted by Crippen LogP contribution is 2.42. The number of aromatic nitrogens is 1. The third kappa shape index (κ3) is 6.04. The van der Waals surface area contributed by atoms with Crippen LogP contribution in [0.5, 0.6) is 0 Å². The second-order valence-corrected chi connectivity index (χ2v) is 15.4. The van der Waals surface area contributed by atoms with Gasteiger partial charge in [0.25, 0.3) is 0 Å². The van der Waals surface area contributed by atoms with E-state index in [2.05, 4.69) is 205 Å². The molecule has 11 rings (SSSR count). The van der Waals surface area contributed by atoms with E-state index >= 15 is 0 Å². The zero-order valence-corrected chi connectivity index (χ0v) is 31.7. The van der Waals surface area contributed by atoms with Crippen LogP contribution in [0.15, 0.2) is 211 Å². The molecule has 0 amide bonds. The Hall–Kier alpha value is -7.27. The summed E-state index contributed by atoms with van der Waals surface area (Å²) in [6.45, 7) is 0. The van der Waals surface area contributed by atoms with Crippen molar-refractivity contribution in [1.29, 1.82) is 0 Å². The number of benzene rings is 9. The van der Waals surface area contributed by atoms with E-state index in [9.17, 15) is 0 Å². The molecule has 268 valence electrons. The SMILES string of the molecule is c1ccc(-c2ccc(N(c3ccc(-c4ccc5oc6ccc7nc(-c8ccccc8)sc7c6c5c4)cc3)c3cccc(-c4ccc5ccccc5c4)c3)cc2)cc1. The first-order valence-electron chi connectivity index (χ1n) is 19.2. The Morgan fingerprint density at radius 1 is 0.386 bits per heavy atom. The first kappa shape index (κ1) is 33.1. The van der Waals surface area contributed by atoms with Gasteiger partial charge in [-0.25, -0.2) is 4.98 Å². The molecule has 0 atom stereocenters. The molecule has 4 heteroatoms. The Balaban J connectivity index is 0.988. The smallest absolute Gasteiger partial charge is 0.137 e. The van der Waals surface area contributed by atoms with Crippen LogP contribution >= 0.6 is 11.3 Å². The van der Waals surface area contributed by atoms with Crippen molar-refractivity contribution in [3.63, 3.8) is 0 Å². The minimum absolute atomic E-state index is 0.879. The molecule has 0 saturated carbocycles. The minimum Gasteiger partial charge on any atom is -0.456 e. The molecule has 11 aromatic rings. The van der Waals surface area contributed by atoms with Crippen molar-refractivity contribution in [1.82, 2.24) is 4.98 Å². The van der Waals surface area contributed by atoms with E-state index in [1.165, 1.54) is 33.0 Å². The molecule has 0 fully saturated rings. The lowest BCUT2D eigenvalue weighted by molar-refractivity contribution is 0.669. The van der Waals surface area contributed by atoms with E-state index in [-0.39, 0.29) is 0 Å². The number of furan rings is 1. The van der Waals surface area contributed by atoms with Gasteiger partial charge in [-0.15, -0.1) is 11.3 Å². The number of fused-ring (bicyclic) bond motifs is 6. The zero-order chi connectivity index (χ0) is 37.7. The predicted octanol–water partition coefficient (Wildman–Crippen LogP) is 15.5. The summed E-state index contributed by atoms with van der Waals surface area (Å²) in [7, 11) is 0. The second-order valence-electron chi connectivity index (χ2n) is 14.4. The van der Waals surface area contributed by atoms with Gasteiger partial charge in [-0.2, -0.15) is 0 Å². The van der Waals surface area contributed by atoms with Gasteiger partial charge in [0.2, 0.25) is 0 Å². The molecule has 0 aliphatic carbocycles. The highest BCUT2D eigenvalue weighted by atomic mass is 32.1. The normalized spacial score (nSPS) is 11.5. The average Bonchev–Trinajstić information content (AvgIpc) is 3.89. The highest BCUT2D eigenvalue weighted by molar-refractivity contribution is 7.22. The molecule has 0 spiro atoms. The molecule has 0 radical (unpaired) electrons. The lowest BCUT2D eigenvalue weighted by Gasteiger charge is -2.26. The van der Waals surface area contributed by atoms with E-state index in [0.717, 1.165) is 70.9 Å². The standard InChI is InChI=1S/C53H34N2OS/c1-3-10-35(11-4-1)37-20-25-44(26-21-37)55(46-17-9-16-41(33-46)42-19-18-36-12-7-8-15-40(36)32-42)45-27-22-38(23-28-45)43-24-30-49-47(34-43)51-50(56-49)31-29-48-52(51)57-53(54-48)39-13-5-2-6-14-39/h1-34H. The van der Waals surface area contributed by atoms with Gasteiger partial charge < -0.3 is 9.32 Å².